The van der Waals surface area contributed by atoms with Gasteiger partial charge in [0.05, 0.1) is 90.1 Å². The third-order valence-corrected chi connectivity index (χ3v) is 14.6. The molecule has 0 saturated carbocycles. The van der Waals surface area contributed by atoms with Crippen LogP contribution in [0.5, 0.6) is 0 Å². The molecular formula is C54H97Cl2CuGd2N14O28P4+. The number of unbranched alkanes of at least 4 members (excludes halogenated alkanes) is 3. The zero-order chi connectivity index (χ0) is 78.1. The number of aliphatic hydroxyl groups excluding tert-OH is 3. The van der Waals surface area contributed by atoms with Gasteiger partial charge in [-0.3, -0.25) is 81.5 Å². The molecule has 15 N–H and O–H groups in total. The van der Waals surface area contributed by atoms with E-state index in [0.717, 1.165) is 6.42 Å². The summed E-state index contributed by atoms with van der Waals surface area (Å²) in [7, 11) is -13.1. The van der Waals surface area contributed by atoms with Crippen LogP contribution in [0.15, 0.2) is 11.3 Å². The smallest absolute Gasteiger partial charge is 0.480 e. The van der Waals surface area contributed by atoms with E-state index in [0.29, 0.717) is 155 Å². The number of carbonyl (C=O) groups is 6. The number of azide groups is 1. The number of hydrogen-bond acceptors (Lipinski definition) is 27. The molecule has 2 aliphatic rings. The number of carboxylic acids is 6. The maximum absolute atomic E-state index is 11.4. The molecule has 51 heteroatoms. The Morgan fingerprint density at radius 1 is 0.514 bits per heavy atom. The van der Waals surface area contributed by atoms with Gasteiger partial charge in [-0.25, -0.2) is 18.4 Å². The van der Waals surface area contributed by atoms with Crippen LogP contribution in [0.2, 0.25) is 0 Å². The molecule has 1 aromatic heterocycles. The molecule has 2 fully saturated rings. The van der Waals surface area contributed by atoms with Gasteiger partial charge in [0.2, 0.25) is 22.5 Å². The number of phosphoric ester groups is 3. The number of aromatic nitrogens is 3. The summed E-state index contributed by atoms with van der Waals surface area (Å²) in [6, 6.07) is 0. The van der Waals surface area contributed by atoms with E-state index in [2.05, 4.69) is 74.2 Å². The molecule has 1 radical (unpaired) electrons. The zero-order valence-electron chi connectivity index (χ0n) is 57.2. The second-order valence-electron chi connectivity index (χ2n) is 21.7. The quantitative estimate of drug-likeness (QED) is 0.00723. The Morgan fingerprint density at radius 2 is 0.771 bits per heavy atom. The summed E-state index contributed by atoms with van der Waals surface area (Å²) < 4.78 is 54.0. The maximum atomic E-state index is 11.4. The fourth-order valence-electron chi connectivity index (χ4n) is 8.55. The monoisotopic (exact) mass is 1960 g/mol. The van der Waals surface area contributed by atoms with Crippen molar-refractivity contribution in [3.63, 3.8) is 0 Å². The first-order chi connectivity index (χ1) is 47.7. The Hall–Kier alpha value is -2.31. The summed E-state index contributed by atoms with van der Waals surface area (Å²) in [6.07, 6.45) is 18.4. The SMILES string of the molecule is C#CCCCO.C#CCCCOP(=O)(O)O.C#CCCCOP(=O)(O)O.O=C(O)CN1CCN(CC(=O)O)CCN(CC(O)Cn2cc(CCCOP(=O)(O)O)nn2)CCN(CC(=O)O)CC1.O=[P+](Cl)Cl.[Cu].[Gd].[Gd].[N-]=[N+]=NCC(O)CN1CCN(CC(=O)O)CCN(CC(=O)O)CCN(CC(=O)O)CC1. The number of aryl methyl sites for hydroxylation is 1. The van der Waals surface area contributed by atoms with Crippen LogP contribution in [-0.4, -0.2) is 368 Å². The molecule has 1 aromatic rings. The Morgan fingerprint density at radius 3 is 1.01 bits per heavy atom. The molecule has 2 unspecified atom stereocenters. The number of rotatable bonds is 35. The summed E-state index contributed by atoms with van der Waals surface area (Å²) in [5, 5.41) is 95.7. The van der Waals surface area contributed by atoms with Gasteiger partial charge in [-0.05, 0) is 42.2 Å². The number of carboxylic acid groups (broad SMARTS) is 6. The van der Waals surface area contributed by atoms with Gasteiger partial charge >= 0.3 is 65.8 Å². The Labute approximate surface area is 693 Å². The summed E-state index contributed by atoms with van der Waals surface area (Å²) in [5.41, 5.74) is 8.97. The third-order valence-electron chi connectivity index (χ3n) is 13.1. The van der Waals surface area contributed by atoms with Crippen LogP contribution in [0.4, 0.5) is 0 Å². The van der Waals surface area contributed by atoms with Crippen molar-refractivity contribution in [2.75, 3.05) is 190 Å². The predicted molar refractivity (Wildman–Crippen MR) is 366 cm³/mol. The Kier molecular flexibility index (Phi) is 75.3. The minimum atomic E-state index is -4.53. The van der Waals surface area contributed by atoms with Gasteiger partial charge in [0, 0.05) is 252 Å². The van der Waals surface area contributed by atoms with E-state index in [1.165, 1.54) is 4.68 Å². The van der Waals surface area contributed by atoms with E-state index < -0.39 is 78.0 Å². The van der Waals surface area contributed by atoms with Gasteiger partial charge in [-0.15, -0.1) is 42.1 Å². The third kappa shape index (κ3) is 81.0. The maximum Gasteiger partial charge on any atom is 0.575 e. The minimum Gasteiger partial charge on any atom is -0.480 e. The average Bonchev–Trinajstić information content (AvgIpc) is 1.59. The van der Waals surface area contributed by atoms with Gasteiger partial charge in [-0.1, -0.05) is 10.3 Å². The molecule has 3 rings (SSSR count). The van der Waals surface area contributed by atoms with Gasteiger partial charge in [-0.2, -0.15) is 0 Å². The van der Waals surface area contributed by atoms with E-state index >= 15 is 0 Å². The molecule has 2 saturated heterocycles. The van der Waals surface area contributed by atoms with Crippen LogP contribution in [0, 0.1) is 117 Å². The van der Waals surface area contributed by atoms with Crippen LogP contribution in [0.25, 0.3) is 10.4 Å². The van der Waals surface area contributed by atoms with Crippen molar-refractivity contribution in [1.29, 1.82) is 0 Å². The number of halogens is 2. The molecular weight excluding hydrogens is 1870 g/mol. The number of phosphoric acid groups is 3. The molecule has 0 spiro atoms. The number of nitrogens with zero attached hydrogens (tertiary/aromatic N) is 14. The molecule has 105 heavy (non-hydrogen) atoms. The molecule has 0 aliphatic carbocycles. The fraction of sp³-hybridized carbons (Fsp3) is 0.741. The molecule has 611 valence electrons. The molecule has 0 bridgehead atoms. The second kappa shape index (κ2) is 69.6. The molecule has 0 aromatic carbocycles. The zero-order valence-corrected chi connectivity index (χ0v) is 67.7. The number of β-amino-alcohol motifs (C(OH)–C–C–N with tert-alkyl or cyclic N) is 2. The molecule has 2 atom stereocenters. The first kappa shape index (κ1) is 114. The minimum absolute atomic E-state index is 0. The van der Waals surface area contributed by atoms with E-state index in [1.54, 1.807) is 35.6 Å². The number of hydrogen-bond donors (Lipinski definition) is 15. The summed E-state index contributed by atoms with van der Waals surface area (Å²) in [4.78, 5) is 134. The van der Waals surface area contributed by atoms with E-state index in [9.17, 15) is 78.2 Å². The van der Waals surface area contributed by atoms with Gasteiger partial charge in [0.15, 0.2) is 0 Å². The number of aliphatic hydroxyl groups is 3. The van der Waals surface area contributed by atoms with Crippen LogP contribution < -0.4 is 0 Å². The van der Waals surface area contributed by atoms with Crippen molar-refractivity contribution in [2.45, 2.75) is 70.1 Å². The first-order valence-electron chi connectivity index (χ1n) is 30.9. The predicted octanol–water partition coefficient (Wildman–Crippen LogP) is -1.18. The average molecular weight is 1960 g/mol. The Balaban J connectivity index is -0.000000333. The molecule has 3 heterocycles. The van der Waals surface area contributed by atoms with Gasteiger partial charge in [0.1, 0.15) is 0 Å². The van der Waals surface area contributed by atoms with E-state index in [1.807, 2.05) is 9.80 Å². The number of terminal acetylenes is 3. The normalized spacial score (nSPS) is 15.7. The fourth-order valence-corrected chi connectivity index (χ4v) is 9.65. The molecule has 42 nitrogen and oxygen atoms in total. The number of aliphatic carboxylic acids is 6. The van der Waals surface area contributed by atoms with Crippen LogP contribution in [-0.2, 0) is 90.6 Å². The van der Waals surface area contributed by atoms with Crippen molar-refractivity contribution in [3.8, 4) is 37.0 Å². The summed E-state index contributed by atoms with van der Waals surface area (Å²) >= 11 is 9.10. The van der Waals surface area contributed by atoms with Crippen LogP contribution >= 0.6 is 52.5 Å². The Bertz CT molecular complexity index is 2810. The summed E-state index contributed by atoms with van der Waals surface area (Å²) in [5.74, 6) is 0.975. The van der Waals surface area contributed by atoms with E-state index in [-0.39, 0.29) is 189 Å². The molecule has 0 amide bonds. The molecule has 2 aliphatic heterocycles. The van der Waals surface area contributed by atoms with Gasteiger partial charge < -0.3 is 75.3 Å². The second-order valence-corrected chi connectivity index (χ2v) is 28.2. The van der Waals surface area contributed by atoms with Crippen molar-refractivity contribution in [3.05, 3.63) is 22.3 Å². The van der Waals surface area contributed by atoms with Crippen LogP contribution in [0.1, 0.15) is 50.6 Å². The van der Waals surface area contributed by atoms with Crippen molar-refractivity contribution >= 4 is 88.3 Å². The van der Waals surface area contributed by atoms with Crippen molar-refractivity contribution in [2.24, 2.45) is 5.11 Å². The standard InChI is InChI=1S/C22H40N7O11P.C17H31N7O7.2C5H9O4P.C5H8O.Cl2OP.Cu.2Gd/c30-19(14-29-12-18(23-24-29)2-1-11-40-41(37,38)39)13-25-3-5-26(15-20(31)32)7-9-28(17-22(35)36)10-8-27(6-4-25)16-21(33)34;18-20-19-9-14(25)10-21-1-3-22(11-15(26)27)5-7-24(13-17(30)31)8-6-23(4-2-21)12-16(28)29;2*1-2-3-4-5-9-10(6,7)8;1-2-3-4-5-6;1-4(2)3;;;/h12,19,30H,1-11,13-17H2,(H,31,32)(H,33,34)(H,35,36)(H2,37,38,39);14,25H,1-13H2,(H,26,27)(H,28,29)(H,30,31);2*1H,3-5H2,(H2,6,7,8);1,6H,3-5H2;;;;/q;;;;;+1;;;. The summed E-state index contributed by atoms with van der Waals surface area (Å²) in [6.45, 7) is 2.64. The van der Waals surface area contributed by atoms with Crippen molar-refractivity contribution in [1.82, 2.24) is 54.2 Å². The van der Waals surface area contributed by atoms with Gasteiger partial charge in [0.25, 0.3) is 0 Å². The first-order valence-corrected chi connectivity index (χ1v) is 38.6. The van der Waals surface area contributed by atoms with E-state index in [4.69, 9.17) is 68.9 Å². The topological polar surface area (TPSA) is 607 Å². The largest absolute Gasteiger partial charge is 0.575 e. The van der Waals surface area contributed by atoms with Crippen molar-refractivity contribution < 1.29 is 233 Å². The van der Waals surface area contributed by atoms with Crippen LogP contribution in [0.3, 0.4) is 0 Å².